The molecule has 4 aromatic heterocycles. The van der Waals surface area contributed by atoms with E-state index in [0.29, 0.717) is 18.8 Å². The summed E-state index contributed by atoms with van der Waals surface area (Å²) < 4.78 is 10.4. The highest BCUT2D eigenvalue weighted by molar-refractivity contribution is 5.89. The Balaban J connectivity index is 1.26. The van der Waals surface area contributed by atoms with Crippen molar-refractivity contribution < 1.29 is 23.9 Å². The number of nitrogens with zero attached hydrogens (tertiary/aromatic N) is 5. The van der Waals surface area contributed by atoms with Crippen LogP contribution in [-0.4, -0.2) is 62.3 Å². The molecule has 4 heterocycles. The Bertz CT molecular complexity index is 1770. The first-order valence-corrected chi connectivity index (χ1v) is 16.1. The molecule has 1 aromatic carbocycles. The van der Waals surface area contributed by atoms with E-state index in [9.17, 15) is 14.4 Å². The lowest BCUT2D eigenvalue weighted by molar-refractivity contribution is -0.145. The van der Waals surface area contributed by atoms with Gasteiger partial charge in [-0.3, -0.25) is 39.2 Å². The SMILES string of the molecule is COc1ccc(COC(=O)CNC(=O)[C@H](Cc2ccc(CN(Cc3ccccn3)C(c3ccccn3)c3ccccn3)nc2)NC(C)=O)cc1. The quantitative estimate of drug-likeness (QED) is 0.147. The van der Waals surface area contributed by atoms with Crippen molar-refractivity contribution in [2.75, 3.05) is 13.7 Å². The molecule has 0 saturated carbocycles. The van der Waals surface area contributed by atoms with Crippen LogP contribution in [0.25, 0.3) is 0 Å². The largest absolute Gasteiger partial charge is 0.497 e. The summed E-state index contributed by atoms with van der Waals surface area (Å²) in [7, 11) is 1.57. The molecule has 0 aliphatic rings. The van der Waals surface area contributed by atoms with Gasteiger partial charge in [0.1, 0.15) is 24.9 Å². The fourth-order valence-corrected chi connectivity index (χ4v) is 5.33. The van der Waals surface area contributed by atoms with E-state index in [1.165, 1.54) is 6.92 Å². The summed E-state index contributed by atoms with van der Waals surface area (Å²) in [6.07, 6.45) is 7.16. The molecule has 0 fully saturated rings. The monoisotopic (exact) mass is 673 g/mol. The molecule has 0 bridgehead atoms. The summed E-state index contributed by atoms with van der Waals surface area (Å²) in [5, 5.41) is 5.25. The lowest BCUT2D eigenvalue weighted by Crippen LogP contribution is -2.48. The Labute approximate surface area is 290 Å². The first-order chi connectivity index (χ1) is 24.4. The Morgan fingerprint density at radius 1 is 0.740 bits per heavy atom. The van der Waals surface area contributed by atoms with E-state index in [4.69, 9.17) is 14.5 Å². The van der Waals surface area contributed by atoms with Crippen molar-refractivity contribution in [3.63, 3.8) is 0 Å². The standard InChI is InChI=1S/C38H39N7O5/c1-27(46)44-35(38(48)43-23-36(47)50-26-28-13-16-32(49-2)17-14-28)21-29-12-15-31(42-22-29)25-45(24-30-9-3-6-18-39-30)37(33-10-4-7-19-40-33)34-11-5-8-20-41-34/h3-20,22,35,37H,21,23-26H2,1-2H3,(H,43,48)(H,44,46)/t35-/m0/s1. The Hall–Kier alpha value is -6.01. The maximum Gasteiger partial charge on any atom is 0.325 e. The van der Waals surface area contributed by atoms with Crippen LogP contribution >= 0.6 is 0 Å². The molecule has 0 aliphatic carbocycles. The van der Waals surface area contributed by atoms with Crippen LogP contribution in [0.2, 0.25) is 0 Å². The summed E-state index contributed by atoms with van der Waals surface area (Å²) >= 11 is 0. The Morgan fingerprint density at radius 2 is 1.36 bits per heavy atom. The van der Waals surface area contributed by atoms with E-state index in [-0.39, 0.29) is 31.5 Å². The van der Waals surface area contributed by atoms with Gasteiger partial charge in [0, 0.05) is 51.2 Å². The van der Waals surface area contributed by atoms with Gasteiger partial charge < -0.3 is 20.1 Å². The minimum absolute atomic E-state index is 0.0512. The smallest absolute Gasteiger partial charge is 0.325 e. The van der Waals surface area contributed by atoms with Crippen molar-refractivity contribution in [2.45, 2.75) is 45.1 Å². The minimum Gasteiger partial charge on any atom is -0.497 e. The zero-order valence-corrected chi connectivity index (χ0v) is 27.9. The van der Waals surface area contributed by atoms with Gasteiger partial charge >= 0.3 is 5.97 Å². The number of pyridine rings is 4. The van der Waals surface area contributed by atoms with Crippen LogP contribution in [0.15, 0.2) is 116 Å². The summed E-state index contributed by atoms with van der Waals surface area (Å²) in [6.45, 7) is 2.00. The Kier molecular flexibility index (Phi) is 12.7. The number of amides is 2. The second-order valence-corrected chi connectivity index (χ2v) is 11.5. The number of nitrogens with one attached hydrogen (secondary N) is 2. The van der Waals surface area contributed by atoms with Crippen molar-refractivity contribution in [1.82, 2.24) is 35.5 Å². The van der Waals surface area contributed by atoms with Crippen LogP contribution in [0.3, 0.4) is 0 Å². The fourth-order valence-electron chi connectivity index (χ4n) is 5.33. The van der Waals surface area contributed by atoms with Crippen molar-refractivity contribution in [3.8, 4) is 5.75 Å². The molecule has 50 heavy (non-hydrogen) atoms. The minimum atomic E-state index is -0.923. The number of methoxy groups -OCH3 is 1. The van der Waals surface area contributed by atoms with Crippen LogP contribution < -0.4 is 15.4 Å². The molecule has 5 rings (SSSR count). The molecular weight excluding hydrogens is 634 g/mol. The number of carbonyl (C=O) groups excluding carboxylic acids is 3. The van der Waals surface area contributed by atoms with Gasteiger partial charge in [0.15, 0.2) is 0 Å². The third kappa shape index (κ3) is 10.5. The highest BCUT2D eigenvalue weighted by Crippen LogP contribution is 2.29. The third-order valence-electron chi connectivity index (χ3n) is 7.74. The maximum atomic E-state index is 13.1. The predicted octanol–water partition coefficient (Wildman–Crippen LogP) is 3.97. The molecule has 0 spiro atoms. The molecule has 1 atom stereocenters. The normalized spacial score (nSPS) is 11.5. The zero-order chi connectivity index (χ0) is 35.1. The van der Waals surface area contributed by atoms with E-state index in [1.807, 2.05) is 66.7 Å². The lowest BCUT2D eigenvalue weighted by atomic mass is 10.0. The van der Waals surface area contributed by atoms with Crippen molar-refractivity contribution >= 4 is 17.8 Å². The number of carbonyl (C=O) groups is 3. The topological polar surface area (TPSA) is 149 Å². The van der Waals surface area contributed by atoms with Gasteiger partial charge in [-0.2, -0.15) is 0 Å². The van der Waals surface area contributed by atoms with Gasteiger partial charge in [-0.1, -0.05) is 36.4 Å². The van der Waals surface area contributed by atoms with Gasteiger partial charge in [0.05, 0.1) is 35.9 Å². The highest BCUT2D eigenvalue weighted by atomic mass is 16.5. The Morgan fingerprint density at radius 3 is 1.90 bits per heavy atom. The second kappa shape index (κ2) is 17.9. The zero-order valence-electron chi connectivity index (χ0n) is 27.9. The molecule has 0 saturated heterocycles. The molecule has 12 nitrogen and oxygen atoms in total. The first-order valence-electron chi connectivity index (χ1n) is 16.1. The molecule has 0 radical (unpaired) electrons. The van der Waals surface area contributed by atoms with Gasteiger partial charge in [-0.05, 0) is 65.7 Å². The number of esters is 1. The first kappa shape index (κ1) is 35.3. The molecule has 2 amide bonds. The van der Waals surface area contributed by atoms with Crippen LogP contribution in [-0.2, 0) is 45.2 Å². The van der Waals surface area contributed by atoms with Crippen molar-refractivity contribution in [1.29, 1.82) is 0 Å². The van der Waals surface area contributed by atoms with Crippen molar-refractivity contribution in [3.05, 3.63) is 150 Å². The predicted molar refractivity (Wildman–Crippen MR) is 185 cm³/mol. The van der Waals surface area contributed by atoms with Crippen LogP contribution in [0.1, 0.15) is 46.9 Å². The van der Waals surface area contributed by atoms with Crippen LogP contribution in [0.4, 0.5) is 0 Å². The number of aromatic nitrogens is 4. The summed E-state index contributed by atoms with van der Waals surface area (Å²) in [6, 6.07) is 27.1. The second-order valence-electron chi connectivity index (χ2n) is 11.5. The van der Waals surface area contributed by atoms with Crippen LogP contribution in [0, 0.1) is 0 Å². The summed E-state index contributed by atoms with van der Waals surface area (Å²) in [4.78, 5) is 58.3. The molecule has 0 aliphatic heterocycles. The highest BCUT2D eigenvalue weighted by Gasteiger charge is 2.26. The van der Waals surface area contributed by atoms with Gasteiger partial charge in [-0.25, -0.2) is 0 Å². The van der Waals surface area contributed by atoms with E-state index in [2.05, 4.69) is 30.5 Å². The third-order valence-corrected chi connectivity index (χ3v) is 7.74. The summed E-state index contributed by atoms with van der Waals surface area (Å²) in [5.41, 5.74) is 4.85. The maximum absolute atomic E-state index is 13.1. The summed E-state index contributed by atoms with van der Waals surface area (Å²) in [5.74, 6) is -0.803. The molecule has 256 valence electrons. The molecule has 0 unspecified atom stereocenters. The number of benzene rings is 1. The molecule has 12 heteroatoms. The molecule has 5 aromatic rings. The van der Waals surface area contributed by atoms with Crippen LogP contribution in [0.5, 0.6) is 5.75 Å². The van der Waals surface area contributed by atoms with E-state index in [1.54, 1.807) is 56.2 Å². The molecule has 2 N–H and O–H groups in total. The van der Waals surface area contributed by atoms with E-state index in [0.717, 1.165) is 33.9 Å². The van der Waals surface area contributed by atoms with Gasteiger partial charge in [0.2, 0.25) is 11.8 Å². The average molecular weight is 674 g/mol. The average Bonchev–Trinajstić information content (AvgIpc) is 3.15. The number of ether oxygens (including phenoxy) is 2. The van der Waals surface area contributed by atoms with E-state index >= 15 is 0 Å². The number of rotatable bonds is 16. The van der Waals surface area contributed by atoms with Gasteiger partial charge in [0.25, 0.3) is 0 Å². The fraction of sp³-hybridized carbons (Fsp3) is 0.237. The molecular formula is C38H39N7O5. The number of hydrogen-bond donors (Lipinski definition) is 2. The van der Waals surface area contributed by atoms with Crippen molar-refractivity contribution in [2.24, 2.45) is 0 Å². The lowest BCUT2D eigenvalue weighted by Gasteiger charge is -2.30. The van der Waals surface area contributed by atoms with E-state index < -0.39 is 17.9 Å². The number of hydrogen-bond acceptors (Lipinski definition) is 10. The van der Waals surface area contributed by atoms with Gasteiger partial charge in [-0.15, -0.1) is 0 Å².